The molecular formula is C16H17NO3. The second kappa shape index (κ2) is 5.06. The summed E-state index contributed by atoms with van der Waals surface area (Å²) in [5, 5.41) is 22.9. The summed E-state index contributed by atoms with van der Waals surface area (Å²) in [6.45, 7) is 2.53. The number of nitrogens with one attached hydrogen (secondary N) is 1. The van der Waals surface area contributed by atoms with Crippen molar-refractivity contribution in [2.45, 2.75) is 19.0 Å². The number of hydrogen-bond donors (Lipinski definition) is 3. The van der Waals surface area contributed by atoms with Crippen LogP contribution in [0.25, 0.3) is 0 Å². The molecule has 0 radical (unpaired) electrons. The third-order valence-electron chi connectivity index (χ3n) is 3.63. The molecule has 2 unspecified atom stereocenters. The van der Waals surface area contributed by atoms with Crippen molar-refractivity contribution in [2.24, 2.45) is 0 Å². The van der Waals surface area contributed by atoms with E-state index in [0.717, 1.165) is 11.3 Å². The molecule has 20 heavy (non-hydrogen) atoms. The lowest BCUT2D eigenvalue weighted by Crippen LogP contribution is -2.25. The molecule has 0 bridgehead atoms. The van der Waals surface area contributed by atoms with E-state index in [2.05, 4.69) is 5.32 Å². The molecule has 2 aromatic carbocycles. The van der Waals surface area contributed by atoms with Gasteiger partial charge in [-0.2, -0.15) is 0 Å². The first-order chi connectivity index (χ1) is 9.65. The Bertz CT molecular complexity index is 627. The Balaban J connectivity index is 1.80. The van der Waals surface area contributed by atoms with Crippen molar-refractivity contribution in [3.05, 3.63) is 53.6 Å². The van der Waals surface area contributed by atoms with Crippen molar-refractivity contribution in [3.8, 4) is 17.2 Å². The molecule has 2 atom stereocenters. The Morgan fingerprint density at radius 2 is 2.00 bits per heavy atom. The zero-order valence-corrected chi connectivity index (χ0v) is 11.2. The van der Waals surface area contributed by atoms with Gasteiger partial charge in [-0.1, -0.05) is 18.2 Å². The second-order valence-electron chi connectivity index (χ2n) is 5.03. The maximum absolute atomic E-state index is 9.89. The van der Waals surface area contributed by atoms with Gasteiger partial charge in [0.05, 0.1) is 6.04 Å². The number of hydrogen-bond acceptors (Lipinski definition) is 4. The van der Waals surface area contributed by atoms with Crippen molar-refractivity contribution >= 4 is 0 Å². The lowest BCUT2D eigenvalue weighted by Gasteiger charge is -2.20. The van der Waals surface area contributed by atoms with Crippen LogP contribution in [0.2, 0.25) is 0 Å². The van der Waals surface area contributed by atoms with E-state index in [0.29, 0.717) is 12.2 Å². The molecule has 0 aliphatic carbocycles. The van der Waals surface area contributed by atoms with Crippen LogP contribution in [0.5, 0.6) is 17.2 Å². The fourth-order valence-corrected chi connectivity index (χ4v) is 2.58. The van der Waals surface area contributed by atoms with Gasteiger partial charge in [-0.15, -0.1) is 0 Å². The minimum atomic E-state index is -0.0955. The summed E-state index contributed by atoms with van der Waals surface area (Å²) in [5.74, 6) is 1.22. The van der Waals surface area contributed by atoms with Gasteiger partial charge in [-0.25, -0.2) is 0 Å². The highest BCUT2D eigenvalue weighted by atomic mass is 16.5. The van der Waals surface area contributed by atoms with E-state index in [-0.39, 0.29) is 23.6 Å². The number of para-hydroxylation sites is 1. The highest BCUT2D eigenvalue weighted by Gasteiger charge is 2.25. The van der Waals surface area contributed by atoms with E-state index < -0.39 is 0 Å². The van der Waals surface area contributed by atoms with E-state index in [1.54, 1.807) is 6.07 Å². The molecule has 0 spiro atoms. The summed E-state index contributed by atoms with van der Waals surface area (Å²) in [6.07, 6.45) is 0. The second-order valence-corrected chi connectivity index (χ2v) is 5.03. The molecule has 0 fully saturated rings. The normalized spacial score (nSPS) is 18.4. The van der Waals surface area contributed by atoms with Crippen molar-refractivity contribution < 1.29 is 14.9 Å². The van der Waals surface area contributed by atoms with E-state index in [1.807, 2.05) is 31.2 Å². The van der Waals surface area contributed by atoms with Crippen LogP contribution in [-0.4, -0.2) is 16.8 Å². The molecule has 0 saturated carbocycles. The zero-order valence-electron chi connectivity index (χ0n) is 11.2. The Morgan fingerprint density at radius 1 is 1.20 bits per heavy atom. The lowest BCUT2D eigenvalue weighted by molar-refractivity contribution is 0.299. The third-order valence-corrected chi connectivity index (χ3v) is 3.63. The van der Waals surface area contributed by atoms with E-state index >= 15 is 0 Å². The van der Waals surface area contributed by atoms with Gasteiger partial charge in [0.25, 0.3) is 0 Å². The molecule has 4 nitrogen and oxygen atoms in total. The number of rotatable bonds is 3. The molecule has 0 amide bonds. The molecular weight excluding hydrogens is 254 g/mol. The first kappa shape index (κ1) is 12.8. The van der Waals surface area contributed by atoms with Crippen LogP contribution in [-0.2, 0) is 0 Å². The zero-order chi connectivity index (χ0) is 14.1. The number of phenolic OH excluding ortho intramolecular Hbond substituents is 2. The molecule has 1 aliphatic rings. The van der Waals surface area contributed by atoms with Crippen molar-refractivity contribution in [1.82, 2.24) is 5.32 Å². The molecule has 104 valence electrons. The van der Waals surface area contributed by atoms with Crippen molar-refractivity contribution in [2.75, 3.05) is 6.61 Å². The third kappa shape index (κ3) is 2.30. The van der Waals surface area contributed by atoms with Gasteiger partial charge in [0.1, 0.15) is 23.9 Å². The van der Waals surface area contributed by atoms with Crippen LogP contribution < -0.4 is 10.1 Å². The van der Waals surface area contributed by atoms with Gasteiger partial charge < -0.3 is 20.3 Å². The molecule has 3 N–H and O–H groups in total. The Morgan fingerprint density at radius 3 is 2.85 bits per heavy atom. The predicted octanol–water partition coefficient (Wildman–Crippen LogP) is 2.88. The fourth-order valence-electron chi connectivity index (χ4n) is 2.58. The van der Waals surface area contributed by atoms with Gasteiger partial charge in [0.15, 0.2) is 0 Å². The first-order valence-electron chi connectivity index (χ1n) is 6.65. The molecule has 1 heterocycles. The Labute approximate surface area is 117 Å². The van der Waals surface area contributed by atoms with Gasteiger partial charge in [0.2, 0.25) is 0 Å². The molecule has 4 heteroatoms. The number of ether oxygens (including phenoxy) is 1. The standard InChI is InChI=1S/C16H17NO3/c1-10(13-8-11(18)6-7-15(13)19)17-14-9-20-16-5-3-2-4-12(14)16/h2-8,10,14,17-19H,9H2,1H3. The SMILES string of the molecule is CC(NC1COc2ccccc21)c1cc(O)ccc1O. The van der Waals surface area contributed by atoms with Crippen LogP contribution in [0.1, 0.15) is 30.1 Å². The number of fused-ring (bicyclic) bond motifs is 1. The average molecular weight is 271 g/mol. The minimum Gasteiger partial charge on any atom is -0.508 e. The van der Waals surface area contributed by atoms with Crippen LogP contribution >= 0.6 is 0 Å². The smallest absolute Gasteiger partial charge is 0.124 e. The largest absolute Gasteiger partial charge is 0.508 e. The predicted molar refractivity (Wildman–Crippen MR) is 76.0 cm³/mol. The fraction of sp³-hybridized carbons (Fsp3) is 0.250. The van der Waals surface area contributed by atoms with E-state index in [9.17, 15) is 10.2 Å². The summed E-state index contributed by atoms with van der Waals surface area (Å²) in [5.41, 5.74) is 1.80. The van der Waals surface area contributed by atoms with Gasteiger partial charge in [0, 0.05) is 17.2 Å². The van der Waals surface area contributed by atoms with Gasteiger partial charge in [-0.3, -0.25) is 0 Å². The monoisotopic (exact) mass is 271 g/mol. The summed E-state index contributed by atoms with van der Waals surface area (Å²) in [4.78, 5) is 0. The number of benzene rings is 2. The van der Waals surface area contributed by atoms with Gasteiger partial charge in [-0.05, 0) is 31.2 Å². The van der Waals surface area contributed by atoms with Crippen molar-refractivity contribution in [3.63, 3.8) is 0 Å². The summed E-state index contributed by atoms with van der Waals surface area (Å²) in [6, 6.07) is 12.5. The minimum absolute atomic E-state index is 0.0861. The summed E-state index contributed by atoms with van der Waals surface area (Å²) >= 11 is 0. The first-order valence-corrected chi connectivity index (χ1v) is 6.65. The maximum Gasteiger partial charge on any atom is 0.124 e. The van der Waals surface area contributed by atoms with E-state index in [1.165, 1.54) is 12.1 Å². The van der Waals surface area contributed by atoms with Gasteiger partial charge >= 0.3 is 0 Å². The number of phenols is 2. The van der Waals surface area contributed by atoms with Crippen LogP contribution in [0.3, 0.4) is 0 Å². The van der Waals surface area contributed by atoms with E-state index in [4.69, 9.17) is 4.74 Å². The number of aromatic hydroxyl groups is 2. The van der Waals surface area contributed by atoms with Crippen molar-refractivity contribution in [1.29, 1.82) is 0 Å². The van der Waals surface area contributed by atoms with Crippen LogP contribution in [0, 0.1) is 0 Å². The topological polar surface area (TPSA) is 61.7 Å². The Kier molecular flexibility index (Phi) is 3.24. The summed E-state index contributed by atoms with van der Waals surface area (Å²) in [7, 11) is 0. The Hall–Kier alpha value is -2.20. The van der Waals surface area contributed by atoms with Crippen LogP contribution in [0.15, 0.2) is 42.5 Å². The maximum atomic E-state index is 9.89. The molecule has 0 saturated heterocycles. The van der Waals surface area contributed by atoms with Crippen LogP contribution in [0.4, 0.5) is 0 Å². The molecule has 2 aromatic rings. The molecule has 0 aromatic heterocycles. The average Bonchev–Trinajstić information content (AvgIpc) is 2.85. The summed E-state index contributed by atoms with van der Waals surface area (Å²) < 4.78 is 5.63. The lowest BCUT2D eigenvalue weighted by atomic mass is 10.0. The quantitative estimate of drug-likeness (QED) is 0.751. The highest BCUT2D eigenvalue weighted by molar-refractivity contribution is 5.42. The molecule has 3 rings (SSSR count). The molecule has 1 aliphatic heterocycles. The highest BCUT2D eigenvalue weighted by Crippen LogP contribution is 2.35.